The molecular weight excluding hydrogens is 546 g/mol. The SMILES string of the molecule is CCCCCCOC(=O)C1(C(=O)OCCCCCC)Oc2ccc(CC(C)NCC(O)c3cccc(Cl)c3)cc2O1. The van der Waals surface area contributed by atoms with Crippen LogP contribution in [-0.4, -0.2) is 48.6 Å². The Morgan fingerprint density at radius 3 is 2.15 bits per heavy atom. The fourth-order valence-corrected chi connectivity index (χ4v) is 4.77. The van der Waals surface area contributed by atoms with Gasteiger partial charge < -0.3 is 29.4 Å². The number of esters is 2. The van der Waals surface area contributed by atoms with Gasteiger partial charge in [-0.2, -0.15) is 0 Å². The van der Waals surface area contributed by atoms with Crippen LogP contribution in [0.5, 0.6) is 11.5 Å². The highest BCUT2D eigenvalue weighted by molar-refractivity contribution is 6.30. The van der Waals surface area contributed by atoms with Crippen LogP contribution in [0.25, 0.3) is 0 Å². The van der Waals surface area contributed by atoms with Gasteiger partial charge in [0.25, 0.3) is 0 Å². The van der Waals surface area contributed by atoms with E-state index in [0.717, 1.165) is 49.7 Å². The summed E-state index contributed by atoms with van der Waals surface area (Å²) in [6.45, 7) is 6.90. The van der Waals surface area contributed by atoms with E-state index in [4.69, 9.17) is 30.5 Å². The van der Waals surface area contributed by atoms with Crippen molar-refractivity contribution < 1.29 is 33.6 Å². The van der Waals surface area contributed by atoms with Gasteiger partial charge in [-0.25, -0.2) is 9.59 Å². The van der Waals surface area contributed by atoms with Crippen molar-refractivity contribution in [3.8, 4) is 11.5 Å². The molecule has 0 spiro atoms. The minimum atomic E-state index is -2.32. The average Bonchev–Trinajstić information content (AvgIpc) is 3.36. The number of carbonyl (C=O) groups is 2. The first kappa shape index (κ1) is 32.7. The Morgan fingerprint density at radius 1 is 0.902 bits per heavy atom. The second-order valence-electron chi connectivity index (χ2n) is 10.6. The van der Waals surface area contributed by atoms with E-state index in [9.17, 15) is 14.7 Å². The molecule has 9 heteroatoms. The summed E-state index contributed by atoms with van der Waals surface area (Å²) in [4.78, 5) is 26.4. The maximum Gasteiger partial charge on any atom is 0.453 e. The smallest absolute Gasteiger partial charge is 0.453 e. The third-order valence-electron chi connectivity index (χ3n) is 6.95. The van der Waals surface area contributed by atoms with Crippen molar-refractivity contribution in [2.45, 2.75) is 96.5 Å². The van der Waals surface area contributed by atoms with Gasteiger partial charge in [0.1, 0.15) is 0 Å². The maximum atomic E-state index is 13.2. The van der Waals surface area contributed by atoms with Crippen LogP contribution in [0.3, 0.4) is 0 Å². The minimum absolute atomic E-state index is 0.00938. The van der Waals surface area contributed by atoms with Crippen molar-refractivity contribution in [1.82, 2.24) is 5.32 Å². The second-order valence-corrected chi connectivity index (χ2v) is 11.0. The van der Waals surface area contributed by atoms with E-state index in [2.05, 4.69) is 19.2 Å². The molecule has 2 aromatic rings. The molecule has 2 atom stereocenters. The molecule has 0 radical (unpaired) electrons. The first-order valence-electron chi connectivity index (χ1n) is 14.8. The van der Waals surface area contributed by atoms with Crippen molar-refractivity contribution >= 4 is 23.5 Å². The number of benzene rings is 2. The molecule has 0 saturated carbocycles. The highest BCUT2D eigenvalue weighted by Gasteiger charge is 2.59. The number of unbranched alkanes of at least 4 members (excludes halogenated alkanes) is 6. The quantitative estimate of drug-likeness (QED) is 0.118. The molecule has 0 fully saturated rings. The molecule has 8 nitrogen and oxygen atoms in total. The number of hydrogen-bond acceptors (Lipinski definition) is 8. The summed E-state index contributed by atoms with van der Waals surface area (Å²) < 4.78 is 22.6. The second kappa shape index (κ2) is 16.6. The Kier molecular flexibility index (Phi) is 13.2. The predicted octanol–water partition coefficient (Wildman–Crippen LogP) is 6.31. The standard InChI is InChI=1S/C32H44ClNO7/c1-4-6-8-10-17-38-30(36)32(31(37)39-18-11-9-7-5-2)40-28-16-15-24(20-29(28)41-32)19-23(3)34-22-27(35)25-13-12-14-26(33)21-25/h12-16,20-21,23,27,34-35H,4-11,17-19,22H2,1-3H3. The third-order valence-corrected chi connectivity index (χ3v) is 7.19. The first-order chi connectivity index (χ1) is 19.8. The predicted molar refractivity (Wildman–Crippen MR) is 158 cm³/mol. The maximum absolute atomic E-state index is 13.2. The van der Waals surface area contributed by atoms with E-state index in [1.807, 2.05) is 25.1 Å². The fraction of sp³-hybridized carbons (Fsp3) is 0.562. The Bertz CT molecular complexity index is 1100. The van der Waals surface area contributed by atoms with Crippen molar-refractivity contribution in [3.05, 3.63) is 58.6 Å². The van der Waals surface area contributed by atoms with Crippen molar-refractivity contribution in [2.24, 2.45) is 0 Å². The number of nitrogens with one attached hydrogen (secondary N) is 1. The van der Waals surface area contributed by atoms with E-state index in [1.54, 1.807) is 24.3 Å². The summed E-state index contributed by atoms with van der Waals surface area (Å²) in [6.07, 6.45) is 7.33. The van der Waals surface area contributed by atoms with Gasteiger partial charge in [-0.1, -0.05) is 82.2 Å². The molecule has 3 rings (SSSR count). The Balaban J connectivity index is 1.63. The molecule has 0 amide bonds. The number of halogens is 1. The first-order valence-corrected chi connectivity index (χ1v) is 15.2. The molecule has 0 saturated heterocycles. The van der Waals surface area contributed by atoms with Crippen molar-refractivity contribution in [2.75, 3.05) is 19.8 Å². The van der Waals surface area contributed by atoms with Gasteiger partial charge in [0.15, 0.2) is 11.5 Å². The van der Waals surface area contributed by atoms with Crippen LogP contribution < -0.4 is 14.8 Å². The van der Waals surface area contributed by atoms with Crippen LogP contribution in [-0.2, 0) is 25.5 Å². The number of aliphatic hydroxyl groups excluding tert-OH is 1. The van der Waals surface area contributed by atoms with E-state index in [1.165, 1.54) is 0 Å². The Labute approximate surface area is 248 Å². The van der Waals surface area contributed by atoms with E-state index in [0.29, 0.717) is 30.8 Å². The molecule has 226 valence electrons. The van der Waals surface area contributed by atoms with Gasteiger partial charge in [-0.3, -0.25) is 0 Å². The number of fused-ring (bicyclic) bond motifs is 1. The van der Waals surface area contributed by atoms with Gasteiger partial charge in [0.05, 0.1) is 19.3 Å². The Hall–Kier alpha value is -2.81. The zero-order valence-electron chi connectivity index (χ0n) is 24.5. The topological polar surface area (TPSA) is 103 Å². The number of rotatable bonds is 18. The molecular formula is C32H44ClNO7. The summed E-state index contributed by atoms with van der Waals surface area (Å²) in [5.74, 6) is -3.58. The molecule has 0 aromatic heterocycles. The van der Waals surface area contributed by atoms with Gasteiger partial charge in [0, 0.05) is 17.6 Å². The van der Waals surface area contributed by atoms with E-state index < -0.39 is 23.8 Å². The molecule has 2 unspecified atom stereocenters. The highest BCUT2D eigenvalue weighted by atomic mass is 35.5. The van der Waals surface area contributed by atoms with Crippen LogP contribution >= 0.6 is 11.6 Å². The van der Waals surface area contributed by atoms with Gasteiger partial charge >= 0.3 is 17.7 Å². The largest absolute Gasteiger partial charge is 0.459 e. The third kappa shape index (κ3) is 9.62. The molecule has 2 aromatic carbocycles. The van der Waals surface area contributed by atoms with Crippen LogP contribution in [0.15, 0.2) is 42.5 Å². The summed E-state index contributed by atoms with van der Waals surface area (Å²) in [5, 5.41) is 14.4. The molecule has 1 aliphatic heterocycles. The zero-order valence-corrected chi connectivity index (χ0v) is 25.2. The fourth-order valence-electron chi connectivity index (χ4n) is 4.57. The van der Waals surface area contributed by atoms with Gasteiger partial charge in [-0.15, -0.1) is 0 Å². The monoisotopic (exact) mass is 589 g/mol. The van der Waals surface area contributed by atoms with Crippen LogP contribution in [0.1, 0.15) is 89.4 Å². The lowest BCUT2D eigenvalue weighted by molar-refractivity contribution is -0.202. The number of aliphatic hydroxyl groups is 1. The minimum Gasteiger partial charge on any atom is -0.459 e. The lowest BCUT2D eigenvalue weighted by Crippen LogP contribution is -2.56. The molecule has 41 heavy (non-hydrogen) atoms. The van der Waals surface area contributed by atoms with Crippen molar-refractivity contribution in [3.63, 3.8) is 0 Å². The van der Waals surface area contributed by atoms with E-state index >= 15 is 0 Å². The molecule has 2 N–H and O–H groups in total. The lowest BCUT2D eigenvalue weighted by Gasteiger charge is -2.23. The average molecular weight is 590 g/mol. The molecule has 0 bridgehead atoms. The normalized spacial score (nSPS) is 14.9. The lowest BCUT2D eigenvalue weighted by atomic mass is 10.1. The molecule has 1 heterocycles. The highest BCUT2D eigenvalue weighted by Crippen LogP contribution is 2.41. The van der Waals surface area contributed by atoms with Crippen molar-refractivity contribution in [1.29, 1.82) is 0 Å². The summed E-state index contributed by atoms with van der Waals surface area (Å²) in [5.41, 5.74) is 1.65. The summed E-state index contributed by atoms with van der Waals surface area (Å²) >= 11 is 6.04. The number of ether oxygens (including phenoxy) is 4. The van der Waals surface area contributed by atoms with Crippen LogP contribution in [0.4, 0.5) is 0 Å². The van der Waals surface area contributed by atoms with Crippen LogP contribution in [0.2, 0.25) is 5.02 Å². The van der Waals surface area contributed by atoms with Crippen LogP contribution in [0, 0.1) is 0 Å². The molecule has 0 aliphatic carbocycles. The van der Waals surface area contributed by atoms with Gasteiger partial charge in [0.2, 0.25) is 0 Å². The van der Waals surface area contributed by atoms with E-state index in [-0.39, 0.29) is 30.8 Å². The Morgan fingerprint density at radius 2 is 1.54 bits per heavy atom. The number of carbonyl (C=O) groups excluding carboxylic acids is 2. The van der Waals surface area contributed by atoms with Gasteiger partial charge in [-0.05, 0) is 61.6 Å². The zero-order chi connectivity index (χ0) is 29.7. The summed E-state index contributed by atoms with van der Waals surface area (Å²) in [7, 11) is 0. The number of hydrogen-bond donors (Lipinski definition) is 2. The molecule has 1 aliphatic rings. The summed E-state index contributed by atoms with van der Waals surface area (Å²) in [6, 6.07) is 12.5.